The van der Waals surface area contributed by atoms with E-state index in [2.05, 4.69) is 93.5 Å². The Bertz CT molecular complexity index is 1820. The fraction of sp³-hybridized carbons (Fsp3) is 0.685. The van der Waals surface area contributed by atoms with Gasteiger partial charge in [-0.3, -0.25) is 29.7 Å². The highest BCUT2D eigenvalue weighted by Crippen LogP contribution is 2.33. The lowest BCUT2D eigenvalue weighted by Crippen LogP contribution is -2.26. The number of methoxy groups -OCH3 is 1. The van der Waals surface area contributed by atoms with Gasteiger partial charge in [0.1, 0.15) is 13.5 Å². The van der Waals surface area contributed by atoms with E-state index >= 15 is 0 Å². The van der Waals surface area contributed by atoms with Crippen molar-refractivity contribution < 1.29 is 36.5 Å². The lowest BCUT2D eigenvalue weighted by atomic mass is 9.95. The minimum absolute atomic E-state index is 0.0429. The molecule has 5 aliphatic heterocycles. The summed E-state index contributed by atoms with van der Waals surface area (Å²) < 4.78 is 71.3. The van der Waals surface area contributed by atoms with Gasteiger partial charge in [-0.1, -0.05) is 72.7 Å². The molecule has 0 radical (unpaired) electrons. The number of nitrogens with zero attached hydrogens (tertiary/aromatic N) is 6. The maximum atomic E-state index is 13.4. The molecule has 3 aromatic rings. The number of rotatable bonds is 14. The van der Waals surface area contributed by atoms with Crippen LogP contribution >= 0.6 is 0 Å². The zero-order chi connectivity index (χ0) is 49.9. The molecular weight excluding hydrogens is 873 g/mol. The van der Waals surface area contributed by atoms with Gasteiger partial charge < -0.3 is 18.9 Å². The minimum atomic E-state index is -2.55. The summed E-state index contributed by atoms with van der Waals surface area (Å²) in [5.41, 5.74) is 8.83. The number of hydrogen-bond donors (Lipinski definition) is 0. The quantitative estimate of drug-likeness (QED) is 0.0885. The van der Waals surface area contributed by atoms with Gasteiger partial charge in [0.2, 0.25) is 0 Å². The second-order valence-electron chi connectivity index (χ2n) is 18.5. The Hall–Kier alpha value is -3.37. The van der Waals surface area contributed by atoms with Gasteiger partial charge in [0.25, 0.3) is 5.92 Å². The molecule has 3 atom stereocenters. The zero-order valence-corrected chi connectivity index (χ0v) is 43.1. The summed E-state index contributed by atoms with van der Waals surface area (Å²) in [6, 6.07) is 14.8. The Balaban J connectivity index is 0.000000244. The minimum Gasteiger partial charge on any atom is -0.381 e. The van der Waals surface area contributed by atoms with Crippen LogP contribution in [0.4, 0.5) is 17.6 Å². The summed E-state index contributed by atoms with van der Waals surface area (Å²) in [7, 11) is 3.57. The van der Waals surface area contributed by atoms with Gasteiger partial charge in [-0.15, -0.1) is 6.58 Å². The summed E-state index contributed by atoms with van der Waals surface area (Å²) in [6.45, 7) is 26.4. The maximum Gasteiger partial charge on any atom is 0.261 e. The van der Waals surface area contributed by atoms with Crippen LogP contribution in [-0.4, -0.2) is 135 Å². The topological polar surface area (TPSA) is 85.3 Å². The lowest BCUT2D eigenvalue weighted by Gasteiger charge is -2.21. The van der Waals surface area contributed by atoms with E-state index in [-0.39, 0.29) is 13.0 Å². The Morgan fingerprint density at radius 2 is 1.40 bits per heavy atom. The third kappa shape index (κ3) is 20.9. The molecule has 5 aliphatic rings. The van der Waals surface area contributed by atoms with Crippen molar-refractivity contribution in [3.63, 3.8) is 0 Å². The van der Waals surface area contributed by atoms with Crippen molar-refractivity contribution in [2.45, 2.75) is 149 Å². The summed E-state index contributed by atoms with van der Waals surface area (Å²) in [5.74, 6) is -0.933. The van der Waals surface area contributed by atoms with Crippen molar-refractivity contribution in [2.75, 3.05) is 93.5 Å². The summed E-state index contributed by atoms with van der Waals surface area (Å²) in [5, 5.41) is 0. The molecule has 8 heterocycles. The van der Waals surface area contributed by atoms with Crippen LogP contribution in [0, 0.1) is 0 Å². The number of aromatic nitrogens is 3. The molecule has 5 fully saturated rings. The van der Waals surface area contributed by atoms with Crippen LogP contribution < -0.4 is 0 Å². The molecule has 2 unspecified atom stereocenters. The van der Waals surface area contributed by atoms with Crippen molar-refractivity contribution >= 4 is 0 Å². The van der Waals surface area contributed by atoms with Crippen LogP contribution in [0.25, 0.3) is 0 Å². The predicted octanol–water partition coefficient (Wildman–Crippen LogP) is 11.4. The molecule has 0 aromatic carbocycles. The van der Waals surface area contributed by atoms with Crippen LogP contribution in [0.5, 0.6) is 0 Å². The zero-order valence-electron chi connectivity index (χ0n) is 43.1. The lowest BCUT2D eigenvalue weighted by molar-refractivity contribution is 0.0113. The molecule has 384 valence electrons. The molecule has 8 rings (SSSR count). The van der Waals surface area contributed by atoms with E-state index in [1.165, 1.54) is 41.4 Å². The molecule has 0 saturated carbocycles. The normalized spacial score (nSPS) is 20.9. The molecule has 0 bridgehead atoms. The summed E-state index contributed by atoms with van der Waals surface area (Å²) in [6.07, 6.45) is 8.21. The van der Waals surface area contributed by atoms with E-state index in [9.17, 15) is 17.6 Å². The van der Waals surface area contributed by atoms with Gasteiger partial charge in [-0.05, 0) is 92.8 Å². The van der Waals surface area contributed by atoms with E-state index < -0.39 is 19.4 Å². The van der Waals surface area contributed by atoms with Gasteiger partial charge in [-0.25, -0.2) is 17.6 Å². The molecular formula is C54H86F4N6O4. The van der Waals surface area contributed by atoms with Crippen molar-refractivity contribution in [3.05, 3.63) is 100 Å². The molecule has 0 spiro atoms. The number of allylic oxidation sites excluding steroid dienone is 1. The van der Waals surface area contributed by atoms with E-state index in [1.54, 1.807) is 19.1 Å². The third-order valence-corrected chi connectivity index (χ3v) is 12.3. The van der Waals surface area contributed by atoms with Gasteiger partial charge in [0.15, 0.2) is 0 Å². The second-order valence-corrected chi connectivity index (χ2v) is 18.5. The first-order chi connectivity index (χ1) is 32.8. The molecule has 10 nitrogen and oxygen atoms in total. The average Bonchev–Trinajstić information content (AvgIpc) is 4.22. The highest BCUT2D eigenvalue weighted by atomic mass is 19.3. The number of likely N-dealkylation sites (tertiary alicyclic amines) is 2. The SMILES string of the molecule is C1CCOC1.C=CCF.CC.CC(C)c1ccc(C2CCOC2)c(CN2CCC(F)(F)C2)n1.CCc1ccc(C2CCOC2)c(CN(C)CF)n1.CO[C@@H]1CCN(Cc2cccc(C(C)C)n2)C1. The first-order valence-corrected chi connectivity index (χ1v) is 25.2. The highest BCUT2D eigenvalue weighted by molar-refractivity contribution is 5.30. The molecule has 3 aromatic heterocycles. The highest BCUT2D eigenvalue weighted by Gasteiger charge is 2.38. The maximum absolute atomic E-state index is 13.4. The van der Waals surface area contributed by atoms with Crippen molar-refractivity contribution in [1.29, 1.82) is 0 Å². The third-order valence-electron chi connectivity index (χ3n) is 12.3. The van der Waals surface area contributed by atoms with Crippen LogP contribution in [0.1, 0.15) is 156 Å². The van der Waals surface area contributed by atoms with E-state index in [0.29, 0.717) is 56.0 Å². The molecule has 0 N–H and O–H groups in total. The van der Waals surface area contributed by atoms with Crippen molar-refractivity contribution in [3.8, 4) is 0 Å². The molecule has 14 heteroatoms. The number of hydrogen-bond acceptors (Lipinski definition) is 10. The van der Waals surface area contributed by atoms with E-state index in [1.807, 2.05) is 18.7 Å². The first-order valence-electron chi connectivity index (χ1n) is 25.2. The molecule has 68 heavy (non-hydrogen) atoms. The number of halogens is 4. The van der Waals surface area contributed by atoms with Crippen molar-refractivity contribution in [1.82, 2.24) is 29.7 Å². The van der Waals surface area contributed by atoms with Gasteiger partial charge in [-0.2, -0.15) is 0 Å². The van der Waals surface area contributed by atoms with E-state index in [0.717, 1.165) is 101 Å². The Kier molecular flexibility index (Phi) is 28.2. The fourth-order valence-corrected chi connectivity index (χ4v) is 8.39. The molecule has 0 amide bonds. The van der Waals surface area contributed by atoms with Crippen LogP contribution in [0.3, 0.4) is 0 Å². The number of pyridine rings is 3. The average molecular weight is 959 g/mol. The van der Waals surface area contributed by atoms with Crippen molar-refractivity contribution in [2.24, 2.45) is 0 Å². The van der Waals surface area contributed by atoms with Gasteiger partial charge in [0.05, 0.1) is 42.9 Å². The number of ether oxygens (including phenoxy) is 4. The largest absolute Gasteiger partial charge is 0.381 e. The standard InChI is InChI=1S/C17H24F2N2O.C14H21FN2O.C14H22N2O.C4H8O.C3H5F.C2H6/c1-12(2)15-4-3-14(13-5-8-22-10-13)16(20-15)9-21-7-6-17(18,19)11-21;1-3-12-4-5-13(11-6-7-18-9-11)14(16-12)8-17(2)10-15;1-11(2)14-6-4-5-12(15-14)9-16-8-7-13(10-16)17-3;1-2-4-5-3-1;1-2-3-4;1-2/h3-4,12-13H,5-11H2,1-2H3;4-5,11H,3,6-10H2,1-2H3;4-6,11,13H,7-10H2,1-3H3;1-4H2;2H,1,3H2;1-2H3/t;;13-;;;/m..1.../s1. The molecule has 0 aliphatic carbocycles. The van der Waals surface area contributed by atoms with Crippen LogP contribution in [0.2, 0.25) is 0 Å². The molecule has 5 saturated heterocycles. The summed E-state index contributed by atoms with van der Waals surface area (Å²) >= 11 is 0. The Morgan fingerprint density at radius 1 is 0.779 bits per heavy atom. The number of alkyl halides is 4. The van der Waals surface area contributed by atoms with Gasteiger partial charge >= 0.3 is 0 Å². The smallest absolute Gasteiger partial charge is 0.261 e. The van der Waals surface area contributed by atoms with Crippen LogP contribution in [0.15, 0.2) is 55.1 Å². The Morgan fingerprint density at radius 3 is 1.88 bits per heavy atom. The Labute approximate surface area is 407 Å². The van der Waals surface area contributed by atoms with Gasteiger partial charge in [0, 0.05) is 108 Å². The van der Waals surface area contributed by atoms with Crippen LogP contribution in [-0.2, 0) is 45.0 Å². The number of aryl methyl sites for hydroxylation is 1. The predicted molar refractivity (Wildman–Crippen MR) is 267 cm³/mol. The second kappa shape index (κ2) is 32.5. The van der Waals surface area contributed by atoms with E-state index in [4.69, 9.17) is 28.9 Å². The first kappa shape index (κ1) is 58.9. The fourth-order valence-electron chi connectivity index (χ4n) is 8.39. The monoisotopic (exact) mass is 959 g/mol. The summed E-state index contributed by atoms with van der Waals surface area (Å²) in [4.78, 5) is 20.0.